The number of amides is 1. The standard InChI is InChI=1S/C25H26N2O4/c1-17(25(30)21-11-10-18-8-5-9-20(18)16-21)31-24(29)13-12-23(28)27-15-14-22(26-27)19-6-3-2-4-7-19/h2-4,6-7,10-11,16-17H,5,8-9,12-15H2,1H3. The number of esters is 1. The first-order valence-corrected chi connectivity index (χ1v) is 10.8. The number of fused-ring (bicyclic) bond motifs is 1. The zero-order chi connectivity index (χ0) is 21.8. The fourth-order valence-corrected chi connectivity index (χ4v) is 4.08. The Labute approximate surface area is 181 Å². The molecule has 1 amide bonds. The molecule has 31 heavy (non-hydrogen) atoms. The fraction of sp³-hybridized carbons (Fsp3) is 0.360. The number of carbonyl (C=O) groups is 3. The summed E-state index contributed by atoms with van der Waals surface area (Å²) in [6, 6.07) is 15.4. The molecule has 0 radical (unpaired) electrons. The number of ether oxygens (including phenoxy) is 1. The Bertz CT molecular complexity index is 1030. The minimum atomic E-state index is -0.878. The van der Waals surface area contributed by atoms with Crippen molar-refractivity contribution in [1.82, 2.24) is 5.01 Å². The molecule has 6 nitrogen and oxygen atoms in total. The number of Topliss-reactive ketones (excluding diaryl/α,β-unsaturated/α-hetero) is 1. The minimum Gasteiger partial charge on any atom is -0.454 e. The molecule has 0 fully saturated rings. The van der Waals surface area contributed by atoms with Gasteiger partial charge >= 0.3 is 5.97 Å². The summed E-state index contributed by atoms with van der Waals surface area (Å²) in [4.78, 5) is 37.2. The van der Waals surface area contributed by atoms with Crippen LogP contribution in [0.25, 0.3) is 0 Å². The molecule has 0 bridgehead atoms. The highest BCUT2D eigenvalue weighted by molar-refractivity contribution is 6.03. The first-order chi connectivity index (χ1) is 15.0. The first-order valence-electron chi connectivity index (χ1n) is 10.8. The lowest BCUT2D eigenvalue weighted by Crippen LogP contribution is -2.27. The number of aryl methyl sites for hydroxylation is 2. The summed E-state index contributed by atoms with van der Waals surface area (Å²) < 4.78 is 5.29. The van der Waals surface area contributed by atoms with Crippen molar-refractivity contribution in [2.24, 2.45) is 5.10 Å². The molecule has 0 spiro atoms. The second-order valence-corrected chi connectivity index (χ2v) is 8.01. The smallest absolute Gasteiger partial charge is 0.307 e. The molecule has 2 aromatic rings. The van der Waals surface area contributed by atoms with E-state index in [2.05, 4.69) is 5.10 Å². The van der Waals surface area contributed by atoms with Crippen LogP contribution < -0.4 is 0 Å². The van der Waals surface area contributed by atoms with Gasteiger partial charge in [0.25, 0.3) is 0 Å². The van der Waals surface area contributed by atoms with Crippen LogP contribution in [0.2, 0.25) is 0 Å². The second-order valence-electron chi connectivity index (χ2n) is 8.01. The van der Waals surface area contributed by atoms with Crippen molar-refractivity contribution in [3.63, 3.8) is 0 Å². The molecule has 1 atom stereocenters. The number of hydrazone groups is 1. The molecule has 1 aliphatic carbocycles. The monoisotopic (exact) mass is 418 g/mol. The lowest BCUT2D eigenvalue weighted by atomic mass is 10.0. The summed E-state index contributed by atoms with van der Waals surface area (Å²) in [5, 5.41) is 5.80. The predicted molar refractivity (Wildman–Crippen MR) is 117 cm³/mol. The average Bonchev–Trinajstić information content (AvgIpc) is 3.46. The van der Waals surface area contributed by atoms with Gasteiger partial charge in [-0.15, -0.1) is 0 Å². The molecule has 1 heterocycles. The van der Waals surface area contributed by atoms with Crippen molar-refractivity contribution in [1.29, 1.82) is 0 Å². The molecule has 0 N–H and O–H groups in total. The van der Waals surface area contributed by atoms with E-state index in [1.165, 1.54) is 16.1 Å². The summed E-state index contributed by atoms with van der Waals surface area (Å²) in [5.74, 6) is -0.992. The van der Waals surface area contributed by atoms with Gasteiger partial charge in [-0.25, -0.2) is 5.01 Å². The maximum absolute atomic E-state index is 12.6. The molecule has 2 aliphatic rings. The minimum absolute atomic E-state index is 0.00413. The van der Waals surface area contributed by atoms with E-state index in [1.54, 1.807) is 13.0 Å². The van der Waals surface area contributed by atoms with Gasteiger partial charge in [0.2, 0.25) is 11.7 Å². The first kappa shape index (κ1) is 21.0. The third kappa shape index (κ3) is 4.90. The van der Waals surface area contributed by atoms with E-state index in [4.69, 9.17) is 4.74 Å². The maximum atomic E-state index is 12.6. The van der Waals surface area contributed by atoms with Crippen LogP contribution in [0.5, 0.6) is 0 Å². The highest BCUT2D eigenvalue weighted by Gasteiger charge is 2.24. The van der Waals surface area contributed by atoms with Gasteiger partial charge in [-0.3, -0.25) is 14.4 Å². The van der Waals surface area contributed by atoms with Crippen LogP contribution in [0, 0.1) is 0 Å². The Kier molecular flexibility index (Phi) is 6.26. The largest absolute Gasteiger partial charge is 0.454 e. The Morgan fingerprint density at radius 2 is 1.77 bits per heavy atom. The lowest BCUT2D eigenvalue weighted by Gasteiger charge is -2.14. The van der Waals surface area contributed by atoms with Crippen LogP contribution in [-0.4, -0.2) is 41.0 Å². The highest BCUT2D eigenvalue weighted by Crippen LogP contribution is 2.23. The summed E-state index contributed by atoms with van der Waals surface area (Å²) in [7, 11) is 0. The van der Waals surface area contributed by atoms with Crippen molar-refractivity contribution in [3.8, 4) is 0 Å². The van der Waals surface area contributed by atoms with E-state index in [9.17, 15) is 14.4 Å². The molecule has 1 aliphatic heterocycles. The van der Waals surface area contributed by atoms with E-state index in [0.29, 0.717) is 18.5 Å². The predicted octanol–water partition coefficient (Wildman–Crippen LogP) is 3.71. The van der Waals surface area contributed by atoms with Gasteiger partial charge in [0.1, 0.15) is 0 Å². The SMILES string of the molecule is CC(OC(=O)CCC(=O)N1CCC(c2ccccc2)=N1)C(=O)c1ccc2c(c1)CCC2. The summed E-state index contributed by atoms with van der Waals surface area (Å²) >= 11 is 0. The quantitative estimate of drug-likeness (QED) is 0.507. The van der Waals surface area contributed by atoms with E-state index >= 15 is 0 Å². The Morgan fingerprint density at radius 3 is 2.58 bits per heavy atom. The molecule has 0 saturated heterocycles. The molecule has 0 saturated carbocycles. The Morgan fingerprint density at radius 1 is 1.00 bits per heavy atom. The van der Waals surface area contributed by atoms with Crippen LogP contribution >= 0.6 is 0 Å². The summed E-state index contributed by atoms with van der Waals surface area (Å²) in [5.41, 5.74) is 4.92. The topological polar surface area (TPSA) is 76.0 Å². The van der Waals surface area contributed by atoms with Gasteiger partial charge in [-0.1, -0.05) is 42.5 Å². The lowest BCUT2D eigenvalue weighted by molar-refractivity contribution is -0.148. The summed E-state index contributed by atoms with van der Waals surface area (Å²) in [6.45, 7) is 2.08. The zero-order valence-corrected chi connectivity index (χ0v) is 17.7. The van der Waals surface area contributed by atoms with Gasteiger partial charge in [0.15, 0.2) is 6.10 Å². The molecule has 6 heteroatoms. The van der Waals surface area contributed by atoms with E-state index in [0.717, 1.165) is 30.5 Å². The second kappa shape index (κ2) is 9.25. The number of benzene rings is 2. The van der Waals surface area contributed by atoms with Crippen LogP contribution in [0.4, 0.5) is 0 Å². The van der Waals surface area contributed by atoms with Gasteiger partial charge in [-0.2, -0.15) is 5.10 Å². The van der Waals surface area contributed by atoms with Gasteiger partial charge < -0.3 is 4.74 Å². The molecular formula is C25H26N2O4. The molecule has 1 unspecified atom stereocenters. The number of carbonyl (C=O) groups excluding carboxylic acids is 3. The third-order valence-corrected chi connectivity index (χ3v) is 5.80. The van der Waals surface area contributed by atoms with Crippen LogP contribution in [0.15, 0.2) is 53.6 Å². The number of nitrogens with zero attached hydrogens (tertiary/aromatic N) is 2. The number of ketones is 1. The van der Waals surface area contributed by atoms with Crippen molar-refractivity contribution < 1.29 is 19.1 Å². The molecule has 0 aromatic heterocycles. The molecule has 160 valence electrons. The van der Waals surface area contributed by atoms with Crippen LogP contribution in [0.3, 0.4) is 0 Å². The van der Waals surface area contributed by atoms with Gasteiger partial charge in [0, 0.05) is 18.4 Å². The van der Waals surface area contributed by atoms with E-state index in [-0.39, 0.29) is 24.5 Å². The van der Waals surface area contributed by atoms with Crippen LogP contribution in [-0.2, 0) is 27.2 Å². The highest BCUT2D eigenvalue weighted by atomic mass is 16.5. The molecule has 2 aromatic carbocycles. The number of hydrogen-bond acceptors (Lipinski definition) is 5. The van der Waals surface area contributed by atoms with E-state index < -0.39 is 12.1 Å². The molecule has 4 rings (SSSR count). The number of rotatable bonds is 7. The maximum Gasteiger partial charge on any atom is 0.307 e. The van der Waals surface area contributed by atoms with Gasteiger partial charge in [0.05, 0.1) is 18.7 Å². The van der Waals surface area contributed by atoms with Crippen molar-refractivity contribution in [2.75, 3.05) is 6.54 Å². The Balaban J connectivity index is 1.26. The zero-order valence-electron chi connectivity index (χ0n) is 17.7. The normalized spacial score (nSPS) is 15.9. The van der Waals surface area contributed by atoms with Crippen LogP contribution in [0.1, 0.15) is 59.7 Å². The number of hydrogen-bond donors (Lipinski definition) is 0. The van der Waals surface area contributed by atoms with Gasteiger partial charge in [-0.05, 0) is 48.9 Å². The van der Waals surface area contributed by atoms with E-state index in [1.807, 2.05) is 42.5 Å². The third-order valence-electron chi connectivity index (χ3n) is 5.80. The van der Waals surface area contributed by atoms with Crippen molar-refractivity contribution in [2.45, 2.75) is 51.6 Å². The van der Waals surface area contributed by atoms with Crippen molar-refractivity contribution in [3.05, 3.63) is 70.8 Å². The van der Waals surface area contributed by atoms with Crippen molar-refractivity contribution >= 4 is 23.4 Å². The summed E-state index contributed by atoms with van der Waals surface area (Å²) in [6.07, 6.45) is 2.88. The fourth-order valence-electron chi connectivity index (χ4n) is 4.08. The average molecular weight is 418 g/mol. The Hall–Kier alpha value is -3.28. The molecular weight excluding hydrogens is 392 g/mol.